The molecule has 3 rings (SSSR count). The molecule has 3 aromatic rings. The Labute approximate surface area is 138 Å². The van der Waals surface area contributed by atoms with Crippen LogP contribution in [0.2, 0.25) is 0 Å². The van der Waals surface area contributed by atoms with E-state index in [4.69, 9.17) is 0 Å². The lowest BCUT2D eigenvalue weighted by Crippen LogP contribution is -2.20. The minimum atomic E-state index is -0.0925. The van der Waals surface area contributed by atoms with Crippen molar-refractivity contribution in [1.29, 1.82) is 0 Å². The number of nitrogens with one attached hydrogen (secondary N) is 1. The minimum Gasteiger partial charge on any atom is -0.348 e. The lowest BCUT2D eigenvalue weighted by molar-refractivity contribution is -0.116. The van der Waals surface area contributed by atoms with Crippen LogP contribution in [0.1, 0.15) is 16.0 Å². The molecule has 0 aliphatic carbocycles. The third kappa shape index (κ3) is 4.62. The lowest BCUT2D eigenvalue weighted by Gasteiger charge is -2.05. The predicted molar refractivity (Wildman–Crippen MR) is 90.8 cm³/mol. The molecule has 2 heterocycles. The van der Waals surface area contributed by atoms with E-state index in [2.05, 4.69) is 15.4 Å². The Kier molecular flexibility index (Phi) is 4.95. The molecule has 0 atom stereocenters. The van der Waals surface area contributed by atoms with Crippen LogP contribution in [-0.4, -0.2) is 20.7 Å². The molecule has 0 saturated heterocycles. The van der Waals surface area contributed by atoms with Gasteiger partial charge in [0.1, 0.15) is 12.7 Å². The number of carbonyl (C=O) groups excluding carboxylic acids is 1. The van der Waals surface area contributed by atoms with E-state index in [0.717, 1.165) is 16.0 Å². The number of nitrogens with zero attached hydrogens (tertiary/aromatic N) is 3. The molecule has 0 spiro atoms. The fraction of sp³-hybridized carbons (Fsp3) is 0.118. The highest BCUT2D eigenvalue weighted by molar-refractivity contribution is 7.10. The van der Waals surface area contributed by atoms with Crippen molar-refractivity contribution in [3.8, 4) is 0 Å². The van der Waals surface area contributed by atoms with Gasteiger partial charge in [0.05, 0.1) is 6.54 Å². The van der Waals surface area contributed by atoms with E-state index in [-0.39, 0.29) is 5.91 Å². The SMILES string of the molecule is O=C(/C=C/c1cccs1)NCc1ccc(Cn2cncn2)cc1. The Morgan fingerprint density at radius 2 is 2.04 bits per heavy atom. The summed E-state index contributed by atoms with van der Waals surface area (Å²) in [5.74, 6) is -0.0925. The highest BCUT2D eigenvalue weighted by Gasteiger charge is 1.99. The zero-order valence-corrected chi connectivity index (χ0v) is 13.2. The largest absolute Gasteiger partial charge is 0.348 e. The van der Waals surface area contributed by atoms with E-state index in [9.17, 15) is 4.79 Å². The van der Waals surface area contributed by atoms with Gasteiger partial charge in [-0.2, -0.15) is 5.10 Å². The maximum Gasteiger partial charge on any atom is 0.244 e. The van der Waals surface area contributed by atoms with E-state index >= 15 is 0 Å². The molecule has 0 aliphatic rings. The fourth-order valence-corrected chi connectivity index (χ4v) is 2.67. The summed E-state index contributed by atoms with van der Waals surface area (Å²) in [6.45, 7) is 1.20. The van der Waals surface area contributed by atoms with Crippen molar-refractivity contribution < 1.29 is 4.79 Å². The van der Waals surface area contributed by atoms with Gasteiger partial charge in [0.15, 0.2) is 0 Å². The summed E-state index contributed by atoms with van der Waals surface area (Å²) >= 11 is 1.60. The van der Waals surface area contributed by atoms with Gasteiger partial charge < -0.3 is 5.32 Å². The molecule has 1 N–H and O–H groups in total. The van der Waals surface area contributed by atoms with E-state index < -0.39 is 0 Å². The fourth-order valence-electron chi connectivity index (χ4n) is 2.06. The van der Waals surface area contributed by atoms with Gasteiger partial charge in [0, 0.05) is 17.5 Å². The molecule has 23 heavy (non-hydrogen) atoms. The van der Waals surface area contributed by atoms with E-state index in [1.807, 2.05) is 47.9 Å². The highest BCUT2D eigenvalue weighted by Crippen LogP contribution is 2.10. The number of hydrogen-bond acceptors (Lipinski definition) is 4. The topological polar surface area (TPSA) is 59.8 Å². The lowest BCUT2D eigenvalue weighted by atomic mass is 10.1. The molecule has 0 fully saturated rings. The van der Waals surface area contributed by atoms with Crippen molar-refractivity contribution in [3.05, 3.63) is 76.5 Å². The van der Waals surface area contributed by atoms with Crippen LogP contribution in [0.4, 0.5) is 0 Å². The van der Waals surface area contributed by atoms with Crippen molar-refractivity contribution in [2.75, 3.05) is 0 Å². The molecule has 116 valence electrons. The molecule has 5 nitrogen and oxygen atoms in total. The molecule has 0 bridgehead atoms. The Hall–Kier alpha value is -2.73. The second kappa shape index (κ2) is 7.51. The Morgan fingerprint density at radius 3 is 2.74 bits per heavy atom. The maximum absolute atomic E-state index is 11.8. The zero-order chi connectivity index (χ0) is 15.9. The van der Waals surface area contributed by atoms with Crippen molar-refractivity contribution >= 4 is 23.3 Å². The maximum atomic E-state index is 11.8. The van der Waals surface area contributed by atoms with E-state index in [1.165, 1.54) is 6.33 Å². The number of rotatable bonds is 6. The summed E-state index contributed by atoms with van der Waals surface area (Å²) in [7, 11) is 0. The van der Waals surface area contributed by atoms with Gasteiger partial charge in [0.2, 0.25) is 5.91 Å². The molecule has 2 aromatic heterocycles. The van der Waals surface area contributed by atoms with Crippen LogP contribution in [-0.2, 0) is 17.9 Å². The van der Waals surface area contributed by atoms with Crippen molar-refractivity contribution in [1.82, 2.24) is 20.1 Å². The first kappa shape index (κ1) is 15.2. The molecular formula is C17H16N4OS. The second-order valence-corrected chi connectivity index (χ2v) is 5.96. The number of carbonyl (C=O) groups is 1. The first-order valence-corrected chi connectivity index (χ1v) is 8.07. The standard InChI is InChI=1S/C17H16N4OS/c22-17(8-7-16-2-1-9-23-16)19-10-14-3-5-15(6-4-14)11-21-13-18-12-20-21/h1-9,12-13H,10-11H2,(H,19,22)/b8-7+. The summed E-state index contributed by atoms with van der Waals surface area (Å²) in [6.07, 6.45) is 6.59. The summed E-state index contributed by atoms with van der Waals surface area (Å²) in [5.41, 5.74) is 2.20. The van der Waals surface area contributed by atoms with Crippen LogP contribution in [0.3, 0.4) is 0 Å². The molecular weight excluding hydrogens is 308 g/mol. The third-order valence-corrected chi connectivity index (χ3v) is 4.08. The number of hydrogen-bond donors (Lipinski definition) is 1. The summed E-state index contributed by atoms with van der Waals surface area (Å²) in [4.78, 5) is 16.8. The van der Waals surface area contributed by atoms with Gasteiger partial charge in [-0.1, -0.05) is 30.3 Å². The quantitative estimate of drug-likeness (QED) is 0.709. The van der Waals surface area contributed by atoms with Crippen LogP contribution in [0.15, 0.2) is 60.5 Å². The average molecular weight is 324 g/mol. The number of thiophene rings is 1. The van der Waals surface area contributed by atoms with Crippen molar-refractivity contribution in [2.45, 2.75) is 13.1 Å². The molecule has 0 saturated carbocycles. The molecule has 0 radical (unpaired) electrons. The van der Waals surface area contributed by atoms with Crippen LogP contribution in [0, 0.1) is 0 Å². The second-order valence-electron chi connectivity index (χ2n) is 4.98. The molecule has 6 heteroatoms. The van der Waals surface area contributed by atoms with E-state index in [1.54, 1.807) is 28.4 Å². The van der Waals surface area contributed by atoms with Crippen LogP contribution < -0.4 is 5.32 Å². The van der Waals surface area contributed by atoms with Gasteiger partial charge in [-0.25, -0.2) is 9.67 Å². The minimum absolute atomic E-state index is 0.0925. The van der Waals surface area contributed by atoms with Crippen molar-refractivity contribution in [3.63, 3.8) is 0 Å². The summed E-state index contributed by atoms with van der Waals surface area (Å²) in [6, 6.07) is 12.0. The summed E-state index contributed by atoms with van der Waals surface area (Å²) in [5, 5.41) is 8.94. The number of benzene rings is 1. The third-order valence-electron chi connectivity index (χ3n) is 3.24. The predicted octanol–water partition coefficient (Wildman–Crippen LogP) is 2.72. The first-order chi connectivity index (χ1) is 11.3. The van der Waals surface area contributed by atoms with Gasteiger partial charge >= 0.3 is 0 Å². The Bertz CT molecular complexity index is 762. The van der Waals surface area contributed by atoms with Crippen molar-refractivity contribution in [2.24, 2.45) is 0 Å². The molecule has 1 aromatic carbocycles. The van der Waals surface area contributed by atoms with Gasteiger partial charge in [-0.05, 0) is 28.6 Å². The zero-order valence-electron chi connectivity index (χ0n) is 12.4. The number of aromatic nitrogens is 3. The molecule has 0 aliphatic heterocycles. The van der Waals surface area contributed by atoms with Crippen LogP contribution in [0.5, 0.6) is 0 Å². The first-order valence-electron chi connectivity index (χ1n) is 7.19. The normalized spacial score (nSPS) is 11.0. The molecule has 1 amide bonds. The smallest absolute Gasteiger partial charge is 0.244 e. The Morgan fingerprint density at radius 1 is 1.22 bits per heavy atom. The van der Waals surface area contributed by atoms with Gasteiger partial charge in [-0.3, -0.25) is 4.79 Å². The number of amides is 1. The van der Waals surface area contributed by atoms with Crippen LogP contribution >= 0.6 is 11.3 Å². The van der Waals surface area contributed by atoms with E-state index in [0.29, 0.717) is 13.1 Å². The summed E-state index contributed by atoms with van der Waals surface area (Å²) < 4.78 is 1.77. The monoisotopic (exact) mass is 324 g/mol. The highest BCUT2D eigenvalue weighted by atomic mass is 32.1. The van der Waals surface area contributed by atoms with Gasteiger partial charge in [-0.15, -0.1) is 11.3 Å². The van der Waals surface area contributed by atoms with Crippen LogP contribution in [0.25, 0.3) is 6.08 Å². The van der Waals surface area contributed by atoms with Gasteiger partial charge in [0.25, 0.3) is 0 Å². The Balaban J connectivity index is 1.49. The average Bonchev–Trinajstić information content (AvgIpc) is 3.26. The molecule has 0 unspecified atom stereocenters.